The van der Waals surface area contributed by atoms with Gasteiger partial charge in [-0.15, -0.1) is 0 Å². The molecule has 78 valence electrons. The van der Waals surface area contributed by atoms with Gasteiger partial charge in [-0.3, -0.25) is 4.84 Å². The molecule has 0 aliphatic heterocycles. The second-order valence-electron chi connectivity index (χ2n) is 3.37. The number of aryl methyl sites for hydroxylation is 1. The van der Waals surface area contributed by atoms with Crippen LogP contribution in [0.5, 0.6) is 0 Å². The van der Waals surface area contributed by atoms with Gasteiger partial charge in [-0.05, 0) is 5.56 Å². The van der Waals surface area contributed by atoms with Gasteiger partial charge in [0.2, 0.25) is 0 Å². The molecule has 0 radical (unpaired) electrons. The molecular formula is C11H13N3O. The van der Waals surface area contributed by atoms with Crippen LogP contribution in [0.2, 0.25) is 0 Å². The van der Waals surface area contributed by atoms with Crippen molar-refractivity contribution in [1.82, 2.24) is 9.55 Å². The largest absolute Gasteiger partial charge is 0.334 e. The van der Waals surface area contributed by atoms with Crippen LogP contribution in [-0.2, 0) is 18.5 Å². The maximum atomic E-state index is 5.00. The normalized spacial score (nSPS) is 10.5. The molecule has 1 heterocycles. The third-order valence-corrected chi connectivity index (χ3v) is 2.28. The Hall–Kier alpha value is -1.65. The van der Waals surface area contributed by atoms with E-state index < -0.39 is 0 Å². The van der Waals surface area contributed by atoms with E-state index in [0.29, 0.717) is 6.61 Å². The van der Waals surface area contributed by atoms with Gasteiger partial charge in [0.15, 0.2) is 0 Å². The number of imidazole rings is 1. The first-order chi connectivity index (χ1) is 7.31. The smallest absolute Gasteiger partial charge is 0.139 e. The van der Waals surface area contributed by atoms with Gasteiger partial charge >= 0.3 is 0 Å². The van der Waals surface area contributed by atoms with Crippen LogP contribution in [0.1, 0.15) is 5.56 Å². The van der Waals surface area contributed by atoms with E-state index in [-0.39, 0.29) is 0 Å². The molecule has 0 spiro atoms. The minimum absolute atomic E-state index is 0.431. The van der Waals surface area contributed by atoms with Crippen molar-refractivity contribution < 1.29 is 4.84 Å². The Morgan fingerprint density at radius 3 is 2.60 bits per heavy atom. The third kappa shape index (κ3) is 2.06. The molecule has 0 aliphatic rings. The second-order valence-corrected chi connectivity index (χ2v) is 3.37. The number of nitrogens with zero attached hydrogens (tertiary/aromatic N) is 2. The molecule has 4 nitrogen and oxygen atoms in total. The molecule has 15 heavy (non-hydrogen) atoms. The zero-order chi connectivity index (χ0) is 10.7. The Morgan fingerprint density at radius 2 is 2.07 bits per heavy atom. The highest BCUT2D eigenvalue weighted by atomic mass is 16.6. The standard InChI is InChI=1S/C11H13N3O/c1-14-7-6-13-11(14)10-4-2-9(3-5-10)8-15-12/h2-7H,8,12H2,1H3. The molecule has 2 aromatic rings. The van der Waals surface area contributed by atoms with Gasteiger partial charge in [0.25, 0.3) is 0 Å². The molecule has 0 saturated carbocycles. The van der Waals surface area contributed by atoms with Crippen molar-refractivity contribution in [2.45, 2.75) is 6.61 Å². The summed E-state index contributed by atoms with van der Waals surface area (Å²) in [7, 11) is 1.97. The molecule has 1 aromatic carbocycles. The van der Waals surface area contributed by atoms with E-state index in [1.807, 2.05) is 42.1 Å². The van der Waals surface area contributed by atoms with Gasteiger partial charge in [-0.2, -0.15) is 0 Å². The van der Waals surface area contributed by atoms with Gasteiger partial charge in [-0.1, -0.05) is 24.3 Å². The number of hydrogen-bond acceptors (Lipinski definition) is 3. The first kappa shape index (κ1) is 9.89. The van der Waals surface area contributed by atoms with Crippen molar-refractivity contribution in [3.05, 3.63) is 42.2 Å². The van der Waals surface area contributed by atoms with Crippen LogP contribution in [0.3, 0.4) is 0 Å². The quantitative estimate of drug-likeness (QED) is 0.769. The molecule has 0 atom stereocenters. The lowest BCUT2D eigenvalue weighted by Gasteiger charge is -2.03. The van der Waals surface area contributed by atoms with E-state index >= 15 is 0 Å². The van der Waals surface area contributed by atoms with Crippen molar-refractivity contribution >= 4 is 0 Å². The van der Waals surface area contributed by atoms with Crippen molar-refractivity contribution in [3.8, 4) is 11.4 Å². The Morgan fingerprint density at radius 1 is 1.33 bits per heavy atom. The fourth-order valence-corrected chi connectivity index (χ4v) is 1.49. The van der Waals surface area contributed by atoms with Crippen LogP contribution in [0, 0.1) is 0 Å². The molecule has 0 fully saturated rings. The molecule has 0 aliphatic carbocycles. The number of benzene rings is 1. The molecule has 0 saturated heterocycles. The maximum Gasteiger partial charge on any atom is 0.139 e. The fourth-order valence-electron chi connectivity index (χ4n) is 1.49. The van der Waals surface area contributed by atoms with Crippen LogP contribution in [-0.4, -0.2) is 9.55 Å². The van der Waals surface area contributed by atoms with Gasteiger partial charge in [0.1, 0.15) is 5.82 Å². The van der Waals surface area contributed by atoms with Crippen LogP contribution < -0.4 is 5.90 Å². The molecule has 0 bridgehead atoms. The minimum Gasteiger partial charge on any atom is -0.334 e. The highest BCUT2D eigenvalue weighted by Crippen LogP contribution is 2.17. The average Bonchev–Trinajstić information content (AvgIpc) is 2.66. The topological polar surface area (TPSA) is 53.1 Å². The SMILES string of the molecule is Cn1ccnc1-c1ccc(CON)cc1. The van der Waals surface area contributed by atoms with Gasteiger partial charge in [-0.25, -0.2) is 10.9 Å². The molecule has 0 amide bonds. The van der Waals surface area contributed by atoms with E-state index in [9.17, 15) is 0 Å². The Balaban J connectivity index is 2.28. The van der Waals surface area contributed by atoms with Crippen LogP contribution in [0.4, 0.5) is 0 Å². The van der Waals surface area contributed by atoms with Crippen molar-refractivity contribution in [2.75, 3.05) is 0 Å². The summed E-state index contributed by atoms with van der Waals surface area (Å²) in [5.74, 6) is 5.95. The number of nitrogens with two attached hydrogens (primary N) is 1. The number of aromatic nitrogens is 2. The van der Waals surface area contributed by atoms with E-state index in [1.54, 1.807) is 6.20 Å². The second kappa shape index (κ2) is 4.25. The first-order valence-corrected chi connectivity index (χ1v) is 4.69. The number of rotatable bonds is 3. The van der Waals surface area contributed by atoms with E-state index in [2.05, 4.69) is 9.82 Å². The predicted molar refractivity (Wildman–Crippen MR) is 57.6 cm³/mol. The van der Waals surface area contributed by atoms with Crippen molar-refractivity contribution in [3.63, 3.8) is 0 Å². The summed E-state index contributed by atoms with van der Waals surface area (Å²) < 4.78 is 1.98. The van der Waals surface area contributed by atoms with E-state index in [0.717, 1.165) is 17.0 Å². The summed E-state index contributed by atoms with van der Waals surface area (Å²) in [5, 5.41) is 0. The maximum absolute atomic E-state index is 5.00. The van der Waals surface area contributed by atoms with E-state index in [4.69, 9.17) is 5.90 Å². The zero-order valence-electron chi connectivity index (χ0n) is 8.55. The molecule has 2 rings (SSSR count). The highest BCUT2D eigenvalue weighted by molar-refractivity contribution is 5.55. The number of hydrogen-bond donors (Lipinski definition) is 1. The predicted octanol–water partition coefficient (Wildman–Crippen LogP) is 1.48. The van der Waals surface area contributed by atoms with Gasteiger partial charge in [0, 0.05) is 25.0 Å². The molecule has 2 N–H and O–H groups in total. The summed E-state index contributed by atoms with van der Waals surface area (Å²) in [6, 6.07) is 7.99. The average molecular weight is 203 g/mol. The summed E-state index contributed by atoms with van der Waals surface area (Å²) in [6.07, 6.45) is 3.71. The first-order valence-electron chi connectivity index (χ1n) is 4.69. The summed E-state index contributed by atoms with van der Waals surface area (Å²) in [6.45, 7) is 0.431. The summed E-state index contributed by atoms with van der Waals surface area (Å²) in [4.78, 5) is 8.83. The summed E-state index contributed by atoms with van der Waals surface area (Å²) >= 11 is 0. The lowest BCUT2D eigenvalue weighted by molar-refractivity contribution is 0.124. The molecular weight excluding hydrogens is 190 g/mol. The van der Waals surface area contributed by atoms with Crippen LogP contribution in [0.15, 0.2) is 36.7 Å². The minimum atomic E-state index is 0.431. The van der Waals surface area contributed by atoms with Gasteiger partial charge < -0.3 is 4.57 Å². The van der Waals surface area contributed by atoms with Crippen LogP contribution >= 0.6 is 0 Å². The zero-order valence-corrected chi connectivity index (χ0v) is 8.55. The third-order valence-electron chi connectivity index (χ3n) is 2.28. The van der Waals surface area contributed by atoms with E-state index in [1.165, 1.54) is 0 Å². The fraction of sp³-hybridized carbons (Fsp3) is 0.182. The van der Waals surface area contributed by atoms with Crippen LogP contribution in [0.25, 0.3) is 11.4 Å². The molecule has 1 aromatic heterocycles. The monoisotopic (exact) mass is 203 g/mol. The van der Waals surface area contributed by atoms with Gasteiger partial charge in [0.05, 0.1) is 6.61 Å². The lowest BCUT2D eigenvalue weighted by Crippen LogP contribution is -1.98. The highest BCUT2D eigenvalue weighted by Gasteiger charge is 2.02. The molecule has 0 unspecified atom stereocenters. The Kier molecular flexibility index (Phi) is 2.80. The lowest BCUT2D eigenvalue weighted by atomic mass is 10.1. The van der Waals surface area contributed by atoms with Crippen molar-refractivity contribution in [2.24, 2.45) is 12.9 Å². The summed E-state index contributed by atoms with van der Waals surface area (Å²) in [5.41, 5.74) is 2.14. The Bertz CT molecular complexity index is 433. The Labute approximate surface area is 88.3 Å². The molecule has 4 heteroatoms. The van der Waals surface area contributed by atoms with Crippen molar-refractivity contribution in [1.29, 1.82) is 0 Å².